The molecular weight excluding hydrogens is 481 g/mol. The fraction of sp³-hybridized carbons (Fsp3) is 0.120. The second-order valence-electron chi connectivity index (χ2n) is 7.10. The van der Waals surface area contributed by atoms with E-state index in [1.165, 1.54) is 4.90 Å². The number of para-hydroxylation sites is 1. The Morgan fingerprint density at radius 3 is 2.30 bits per heavy atom. The summed E-state index contributed by atoms with van der Waals surface area (Å²) in [5.74, 6) is 1.08. The standard InChI is InChI=1S/C25H19Cl2NO4S/c26-21-10-9-18(14-22(21)27)16-28-24(29)23(33-25(28)30)15-17-5-4-8-20(13-17)32-12-11-31-19-6-2-1-3-7-19/h1-10,13-15H,11-12,16H2/b23-15-. The number of carbonyl (C=O) groups excluding carboxylic acids is 2. The van der Waals surface area contributed by atoms with Gasteiger partial charge in [0.2, 0.25) is 0 Å². The van der Waals surface area contributed by atoms with Crippen molar-refractivity contribution < 1.29 is 19.1 Å². The van der Waals surface area contributed by atoms with Crippen molar-refractivity contribution in [2.75, 3.05) is 13.2 Å². The molecule has 1 aliphatic heterocycles. The molecule has 0 aliphatic carbocycles. The second-order valence-corrected chi connectivity index (χ2v) is 8.91. The fourth-order valence-corrected chi connectivity index (χ4v) is 4.30. The molecular formula is C25H19Cl2NO4S. The number of nitrogens with zero attached hydrogens (tertiary/aromatic N) is 1. The summed E-state index contributed by atoms with van der Waals surface area (Å²) in [5, 5.41) is 0.466. The van der Waals surface area contributed by atoms with Gasteiger partial charge in [0.1, 0.15) is 24.7 Å². The molecule has 168 valence electrons. The quantitative estimate of drug-likeness (QED) is 0.255. The number of amides is 2. The van der Waals surface area contributed by atoms with E-state index in [2.05, 4.69) is 0 Å². The molecule has 4 rings (SSSR count). The second kappa shape index (κ2) is 10.8. The van der Waals surface area contributed by atoms with E-state index in [4.69, 9.17) is 32.7 Å². The van der Waals surface area contributed by atoms with Gasteiger partial charge in [0.15, 0.2) is 0 Å². The Morgan fingerprint density at radius 2 is 1.55 bits per heavy atom. The van der Waals surface area contributed by atoms with Crippen LogP contribution in [-0.4, -0.2) is 29.3 Å². The molecule has 1 heterocycles. The molecule has 2 amide bonds. The van der Waals surface area contributed by atoms with Crippen molar-refractivity contribution in [1.29, 1.82) is 0 Å². The number of ether oxygens (including phenoxy) is 2. The van der Waals surface area contributed by atoms with E-state index in [0.29, 0.717) is 33.9 Å². The first-order chi connectivity index (χ1) is 16.0. The van der Waals surface area contributed by atoms with Gasteiger partial charge >= 0.3 is 0 Å². The van der Waals surface area contributed by atoms with Crippen molar-refractivity contribution >= 4 is 52.2 Å². The van der Waals surface area contributed by atoms with Crippen molar-refractivity contribution in [2.45, 2.75) is 6.54 Å². The van der Waals surface area contributed by atoms with Crippen LogP contribution in [0.1, 0.15) is 11.1 Å². The zero-order chi connectivity index (χ0) is 23.2. The Kier molecular flexibility index (Phi) is 7.60. The van der Waals surface area contributed by atoms with Gasteiger partial charge < -0.3 is 9.47 Å². The average Bonchev–Trinajstić information content (AvgIpc) is 3.07. The fourth-order valence-electron chi connectivity index (χ4n) is 3.14. The molecule has 1 aliphatic rings. The topological polar surface area (TPSA) is 55.8 Å². The Hall–Kier alpha value is -2.93. The van der Waals surface area contributed by atoms with Crippen LogP contribution in [0.15, 0.2) is 77.7 Å². The van der Waals surface area contributed by atoms with Crippen LogP contribution in [0, 0.1) is 0 Å². The Bertz CT molecular complexity index is 1200. The molecule has 33 heavy (non-hydrogen) atoms. The first-order valence-corrected chi connectivity index (χ1v) is 11.7. The number of carbonyl (C=O) groups is 2. The van der Waals surface area contributed by atoms with Crippen LogP contribution in [0.25, 0.3) is 6.08 Å². The number of halogens is 2. The van der Waals surface area contributed by atoms with Crippen molar-refractivity contribution in [1.82, 2.24) is 4.90 Å². The van der Waals surface area contributed by atoms with Gasteiger partial charge in [-0.05, 0) is 65.4 Å². The summed E-state index contributed by atoms with van der Waals surface area (Å²) in [6, 6.07) is 21.9. The summed E-state index contributed by atoms with van der Waals surface area (Å²) in [4.78, 5) is 26.8. The first-order valence-electron chi connectivity index (χ1n) is 10.1. The number of imide groups is 1. The van der Waals surface area contributed by atoms with E-state index < -0.39 is 0 Å². The van der Waals surface area contributed by atoms with E-state index in [1.807, 2.05) is 54.6 Å². The minimum Gasteiger partial charge on any atom is -0.490 e. The minimum atomic E-state index is -0.348. The molecule has 0 bridgehead atoms. The van der Waals surface area contributed by atoms with Crippen LogP contribution in [0.4, 0.5) is 4.79 Å². The maximum absolute atomic E-state index is 12.8. The number of hydrogen-bond donors (Lipinski definition) is 0. The molecule has 1 fully saturated rings. The molecule has 0 saturated carbocycles. The predicted molar refractivity (Wildman–Crippen MR) is 132 cm³/mol. The van der Waals surface area contributed by atoms with Gasteiger partial charge in [-0.15, -0.1) is 0 Å². The van der Waals surface area contributed by atoms with E-state index >= 15 is 0 Å². The first kappa shape index (κ1) is 23.2. The van der Waals surface area contributed by atoms with Crippen LogP contribution in [-0.2, 0) is 11.3 Å². The van der Waals surface area contributed by atoms with E-state index in [0.717, 1.165) is 28.6 Å². The number of rotatable bonds is 8. The summed E-state index contributed by atoms with van der Waals surface area (Å²) in [6.45, 7) is 0.907. The number of benzene rings is 3. The highest BCUT2D eigenvalue weighted by Gasteiger charge is 2.35. The molecule has 0 unspecified atom stereocenters. The number of hydrogen-bond acceptors (Lipinski definition) is 5. The minimum absolute atomic E-state index is 0.128. The lowest BCUT2D eigenvalue weighted by atomic mass is 10.2. The highest BCUT2D eigenvalue weighted by atomic mass is 35.5. The number of thioether (sulfide) groups is 1. The van der Waals surface area contributed by atoms with Gasteiger partial charge in [-0.25, -0.2) is 0 Å². The lowest BCUT2D eigenvalue weighted by Gasteiger charge is -2.13. The molecule has 1 saturated heterocycles. The lowest BCUT2D eigenvalue weighted by molar-refractivity contribution is -0.123. The van der Waals surface area contributed by atoms with Crippen LogP contribution in [0.5, 0.6) is 11.5 Å². The maximum Gasteiger partial charge on any atom is 0.293 e. The zero-order valence-corrected chi connectivity index (χ0v) is 19.7. The van der Waals surface area contributed by atoms with Crippen LogP contribution in [0.2, 0.25) is 10.0 Å². The summed E-state index contributed by atoms with van der Waals surface area (Å²) >= 11 is 12.9. The largest absolute Gasteiger partial charge is 0.490 e. The SMILES string of the molecule is O=C1S/C(=C\c2cccc(OCCOc3ccccc3)c2)C(=O)N1Cc1ccc(Cl)c(Cl)c1. The van der Waals surface area contributed by atoms with Gasteiger partial charge in [0.25, 0.3) is 11.1 Å². The highest BCUT2D eigenvalue weighted by Crippen LogP contribution is 2.34. The van der Waals surface area contributed by atoms with Gasteiger partial charge in [-0.2, -0.15) is 0 Å². The van der Waals surface area contributed by atoms with E-state index in [9.17, 15) is 9.59 Å². The molecule has 0 spiro atoms. The zero-order valence-electron chi connectivity index (χ0n) is 17.4. The average molecular weight is 500 g/mol. The molecule has 0 N–H and O–H groups in total. The molecule has 8 heteroatoms. The van der Waals surface area contributed by atoms with Crippen LogP contribution >= 0.6 is 35.0 Å². The molecule has 3 aromatic rings. The molecule has 0 aromatic heterocycles. The monoisotopic (exact) mass is 499 g/mol. The summed E-state index contributed by atoms with van der Waals surface area (Å²) < 4.78 is 11.4. The summed E-state index contributed by atoms with van der Waals surface area (Å²) in [7, 11) is 0. The predicted octanol–water partition coefficient (Wildman–Crippen LogP) is 6.69. The third-order valence-electron chi connectivity index (χ3n) is 4.72. The summed E-state index contributed by atoms with van der Waals surface area (Å²) in [5.41, 5.74) is 1.48. The van der Waals surface area contributed by atoms with Crippen molar-refractivity contribution in [3.8, 4) is 11.5 Å². The van der Waals surface area contributed by atoms with Crippen molar-refractivity contribution in [3.63, 3.8) is 0 Å². The van der Waals surface area contributed by atoms with Gasteiger partial charge in [0, 0.05) is 0 Å². The van der Waals surface area contributed by atoms with Crippen molar-refractivity contribution in [2.24, 2.45) is 0 Å². The highest BCUT2D eigenvalue weighted by molar-refractivity contribution is 8.18. The smallest absolute Gasteiger partial charge is 0.293 e. The molecule has 0 radical (unpaired) electrons. The van der Waals surface area contributed by atoms with Gasteiger partial charge in [0.05, 0.1) is 21.5 Å². The van der Waals surface area contributed by atoms with Gasteiger partial charge in [-0.1, -0.05) is 59.6 Å². The molecule has 3 aromatic carbocycles. The van der Waals surface area contributed by atoms with Gasteiger partial charge in [-0.3, -0.25) is 14.5 Å². The lowest BCUT2D eigenvalue weighted by Crippen LogP contribution is -2.27. The Morgan fingerprint density at radius 1 is 0.818 bits per heavy atom. The third kappa shape index (κ3) is 6.11. The summed E-state index contributed by atoms with van der Waals surface area (Å²) in [6.07, 6.45) is 1.69. The third-order valence-corrected chi connectivity index (χ3v) is 6.36. The molecule has 0 atom stereocenters. The van der Waals surface area contributed by atoms with E-state index in [1.54, 1.807) is 24.3 Å². The van der Waals surface area contributed by atoms with Crippen molar-refractivity contribution in [3.05, 3.63) is 98.9 Å². The van der Waals surface area contributed by atoms with E-state index in [-0.39, 0.29) is 17.7 Å². The van der Waals surface area contributed by atoms with Crippen LogP contribution in [0.3, 0.4) is 0 Å². The molecule has 5 nitrogen and oxygen atoms in total. The Balaban J connectivity index is 1.37. The van der Waals surface area contributed by atoms with Crippen LogP contribution < -0.4 is 9.47 Å². The Labute approximate surface area is 205 Å². The normalized spacial score (nSPS) is 14.7. The maximum atomic E-state index is 12.8.